The monoisotopic (exact) mass is 181 g/mol. The Balaban J connectivity index is 0.000000310. The number of aromatic amines is 1. The number of aromatic nitrogens is 2. The number of carbonyl (C=O) groups is 1. The molecule has 0 aliphatic rings. The SMILES string of the molecule is CC(=O)O.N#CCCc1c[nH]cn1. The maximum absolute atomic E-state index is 9.00. The predicted octanol–water partition coefficient (Wildman–Crippen LogP) is 0.957. The Hall–Kier alpha value is -1.83. The minimum Gasteiger partial charge on any atom is -0.481 e. The van der Waals surface area contributed by atoms with Gasteiger partial charge in [-0.05, 0) is 0 Å². The number of hydrogen-bond donors (Lipinski definition) is 2. The molecule has 2 N–H and O–H groups in total. The molecule has 0 saturated carbocycles. The van der Waals surface area contributed by atoms with E-state index >= 15 is 0 Å². The number of imidazole rings is 1. The van der Waals surface area contributed by atoms with Crippen molar-refractivity contribution in [3.63, 3.8) is 0 Å². The van der Waals surface area contributed by atoms with E-state index in [9.17, 15) is 0 Å². The second-order valence-electron chi connectivity index (χ2n) is 2.24. The Bertz CT molecular complexity index is 270. The highest BCUT2D eigenvalue weighted by atomic mass is 16.4. The molecular formula is C8H11N3O2. The number of rotatable bonds is 2. The molecule has 13 heavy (non-hydrogen) atoms. The highest BCUT2D eigenvalue weighted by Crippen LogP contribution is 1.94. The molecule has 0 radical (unpaired) electrons. The molecule has 0 amide bonds. The van der Waals surface area contributed by atoms with E-state index in [0.29, 0.717) is 6.42 Å². The Kier molecular flexibility index (Phi) is 5.89. The standard InChI is InChI=1S/C6H7N3.C2H4O2/c7-3-1-2-6-4-8-5-9-6;1-2(3)4/h4-5H,1-2H2,(H,8,9);1H3,(H,3,4). The van der Waals surface area contributed by atoms with Gasteiger partial charge in [0.05, 0.1) is 18.1 Å². The van der Waals surface area contributed by atoms with Crippen LogP contribution in [0.1, 0.15) is 19.0 Å². The van der Waals surface area contributed by atoms with Gasteiger partial charge in [0.2, 0.25) is 0 Å². The van der Waals surface area contributed by atoms with Crippen molar-refractivity contribution in [3.8, 4) is 6.07 Å². The fourth-order valence-corrected chi connectivity index (χ4v) is 0.612. The molecule has 1 aromatic rings. The summed E-state index contributed by atoms with van der Waals surface area (Å²) in [6, 6.07) is 2.05. The maximum atomic E-state index is 9.00. The van der Waals surface area contributed by atoms with Crippen LogP contribution in [0.4, 0.5) is 0 Å². The van der Waals surface area contributed by atoms with Gasteiger partial charge in [0, 0.05) is 26.0 Å². The van der Waals surface area contributed by atoms with Crippen LogP contribution in [0.15, 0.2) is 12.5 Å². The van der Waals surface area contributed by atoms with E-state index in [2.05, 4.69) is 16.0 Å². The van der Waals surface area contributed by atoms with E-state index < -0.39 is 5.97 Å². The first-order valence-corrected chi connectivity index (χ1v) is 3.71. The maximum Gasteiger partial charge on any atom is 0.300 e. The van der Waals surface area contributed by atoms with Gasteiger partial charge in [-0.25, -0.2) is 4.98 Å². The molecule has 1 aromatic heterocycles. The van der Waals surface area contributed by atoms with Crippen molar-refractivity contribution in [2.24, 2.45) is 0 Å². The van der Waals surface area contributed by atoms with Crippen molar-refractivity contribution in [2.75, 3.05) is 0 Å². The Morgan fingerprint density at radius 3 is 2.85 bits per heavy atom. The van der Waals surface area contributed by atoms with E-state index in [1.807, 2.05) is 0 Å². The number of aliphatic carboxylic acids is 1. The third-order valence-corrected chi connectivity index (χ3v) is 1.05. The molecule has 0 aliphatic carbocycles. The molecule has 5 nitrogen and oxygen atoms in total. The van der Waals surface area contributed by atoms with Gasteiger partial charge < -0.3 is 10.1 Å². The molecule has 0 aromatic carbocycles. The van der Waals surface area contributed by atoms with Crippen molar-refractivity contribution in [1.29, 1.82) is 5.26 Å². The van der Waals surface area contributed by atoms with Crippen LogP contribution in [-0.4, -0.2) is 21.0 Å². The molecule has 0 saturated heterocycles. The highest BCUT2D eigenvalue weighted by Gasteiger charge is 1.90. The number of aryl methyl sites for hydroxylation is 1. The molecule has 70 valence electrons. The number of carboxylic acids is 1. The number of hydrogen-bond acceptors (Lipinski definition) is 3. The first-order chi connectivity index (χ1) is 6.16. The minimum absolute atomic E-state index is 0.546. The van der Waals surface area contributed by atoms with Crippen molar-refractivity contribution in [1.82, 2.24) is 9.97 Å². The van der Waals surface area contributed by atoms with Crippen LogP contribution in [0.2, 0.25) is 0 Å². The molecule has 1 heterocycles. The largest absolute Gasteiger partial charge is 0.481 e. The summed E-state index contributed by atoms with van der Waals surface area (Å²) in [5, 5.41) is 15.6. The van der Waals surface area contributed by atoms with Gasteiger partial charge in [0.15, 0.2) is 0 Å². The molecule has 0 spiro atoms. The topological polar surface area (TPSA) is 89.8 Å². The average Bonchev–Trinajstić information content (AvgIpc) is 2.51. The van der Waals surface area contributed by atoms with Gasteiger partial charge in [-0.1, -0.05) is 0 Å². The van der Waals surface area contributed by atoms with Crippen LogP contribution >= 0.6 is 0 Å². The molecule has 0 bridgehead atoms. The predicted molar refractivity (Wildman–Crippen MR) is 45.8 cm³/mol. The van der Waals surface area contributed by atoms with Crippen LogP contribution in [0.25, 0.3) is 0 Å². The van der Waals surface area contributed by atoms with Crippen molar-refractivity contribution in [3.05, 3.63) is 18.2 Å². The van der Waals surface area contributed by atoms with E-state index in [-0.39, 0.29) is 0 Å². The summed E-state index contributed by atoms with van der Waals surface area (Å²) in [5.41, 5.74) is 0.955. The fraction of sp³-hybridized carbons (Fsp3) is 0.375. The van der Waals surface area contributed by atoms with E-state index in [1.54, 1.807) is 12.5 Å². The van der Waals surface area contributed by atoms with E-state index in [1.165, 1.54) is 0 Å². The number of H-pyrrole nitrogens is 1. The molecule has 0 atom stereocenters. The normalized spacial score (nSPS) is 8.00. The van der Waals surface area contributed by atoms with Crippen LogP contribution in [-0.2, 0) is 11.2 Å². The lowest BCUT2D eigenvalue weighted by Crippen LogP contribution is -1.80. The lowest BCUT2D eigenvalue weighted by atomic mass is 10.3. The number of nitrogens with one attached hydrogen (secondary N) is 1. The van der Waals surface area contributed by atoms with Gasteiger partial charge in [0.1, 0.15) is 0 Å². The third kappa shape index (κ3) is 8.07. The lowest BCUT2D eigenvalue weighted by molar-refractivity contribution is -0.134. The van der Waals surface area contributed by atoms with Crippen molar-refractivity contribution >= 4 is 5.97 Å². The quantitative estimate of drug-likeness (QED) is 0.710. The molecule has 0 aliphatic heterocycles. The van der Waals surface area contributed by atoms with E-state index in [0.717, 1.165) is 19.0 Å². The molecular weight excluding hydrogens is 170 g/mol. The molecule has 0 fully saturated rings. The van der Waals surface area contributed by atoms with Crippen LogP contribution in [0.5, 0.6) is 0 Å². The zero-order chi connectivity index (χ0) is 10.1. The lowest BCUT2D eigenvalue weighted by Gasteiger charge is -1.82. The summed E-state index contributed by atoms with van der Waals surface area (Å²) in [6.45, 7) is 1.08. The summed E-state index contributed by atoms with van der Waals surface area (Å²) >= 11 is 0. The summed E-state index contributed by atoms with van der Waals surface area (Å²) in [4.78, 5) is 15.8. The zero-order valence-electron chi connectivity index (χ0n) is 7.32. The first-order valence-electron chi connectivity index (χ1n) is 3.71. The third-order valence-electron chi connectivity index (χ3n) is 1.05. The van der Waals surface area contributed by atoms with Crippen LogP contribution in [0.3, 0.4) is 0 Å². The van der Waals surface area contributed by atoms with Crippen LogP contribution in [0, 0.1) is 11.3 Å². The Labute approximate surface area is 76.0 Å². The van der Waals surface area contributed by atoms with Crippen LogP contribution < -0.4 is 0 Å². The molecule has 0 unspecified atom stereocenters. The van der Waals surface area contributed by atoms with Gasteiger partial charge >= 0.3 is 0 Å². The Morgan fingerprint density at radius 2 is 2.46 bits per heavy atom. The summed E-state index contributed by atoms with van der Waals surface area (Å²) in [6.07, 6.45) is 4.72. The van der Waals surface area contributed by atoms with Gasteiger partial charge in [0.25, 0.3) is 5.97 Å². The molecule has 1 rings (SSSR count). The summed E-state index contributed by atoms with van der Waals surface area (Å²) < 4.78 is 0. The second kappa shape index (κ2) is 6.85. The van der Waals surface area contributed by atoms with Gasteiger partial charge in [-0.15, -0.1) is 0 Å². The first kappa shape index (κ1) is 11.2. The number of carboxylic acid groups (broad SMARTS) is 1. The zero-order valence-corrected chi connectivity index (χ0v) is 7.32. The van der Waals surface area contributed by atoms with Gasteiger partial charge in [-0.3, -0.25) is 4.79 Å². The minimum atomic E-state index is -0.833. The number of nitriles is 1. The summed E-state index contributed by atoms with van der Waals surface area (Å²) in [7, 11) is 0. The van der Waals surface area contributed by atoms with E-state index in [4.69, 9.17) is 15.2 Å². The highest BCUT2D eigenvalue weighted by molar-refractivity contribution is 5.62. The van der Waals surface area contributed by atoms with Crippen molar-refractivity contribution < 1.29 is 9.90 Å². The smallest absolute Gasteiger partial charge is 0.300 e. The van der Waals surface area contributed by atoms with Crippen molar-refractivity contribution in [2.45, 2.75) is 19.8 Å². The average molecular weight is 181 g/mol. The molecule has 5 heteroatoms. The summed E-state index contributed by atoms with van der Waals surface area (Å²) in [5.74, 6) is -0.833. The number of nitrogens with zero attached hydrogens (tertiary/aromatic N) is 2. The Morgan fingerprint density at radius 1 is 1.85 bits per heavy atom. The van der Waals surface area contributed by atoms with Gasteiger partial charge in [-0.2, -0.15) is 5.26 Å². The second-order valence-corrected chi connectivity index (χ2v) is 2.24. The fourth-order valence-electron chi connectivity index (χ4n) is 0.612.